The third-order valence-corrected chi connectivity index (χ3v) is 4.44. The van der Waals surface area contributed by atoms with Gasteiger partial charge in [0.05, 0.1) is 12.3 Å². The summed E-state index contributed by atoms with van der Waals surface area (Å²) in [6, 6.07) is 3.11. The molecule has 0 aliphatic carbocycles. The Morgan fingerprint density at radius 2 is 2.21 bits per heavy atom. The van der Waals surface area contributed by atoms with E-state index in [9.17, 15) is 8.42 Å². The molecule has 1 aromatic heterocycles. The fraction of sp³-hybridized carbons (Fsp3) is 0.667. The topological polar surface area (TPSA) is 74.6 Å². The lowest BCUT2D eigenvalue weighted by atomic mass is 10.3. The Hall–Kier alpha value is -0.890. The molecule has 0 radical (unpaired) electrons. The van der Waals surface area contributed by atoms with Crippen LogP contribution in [0.25, 0.3) is 0 Å². The molecule has 19 heavy (non-hydrogen) atoms. The largest absolute Gasteiger partial charge is 0.468 e. The molecule has 110 valence electrons. The van der Waals surface area contributed by atoms with Crippen LogP contribution in [0.1, 0.15) is 32.1 Å². The Labute approximate surface area is 115 Å². The fourth-order valence-corrected chi connectivity index (χ4v) is 2.75. The molecule has 1 aromatic rings. The van der Waals surface area contributed by atoms with Crippen LogP contribution in [-0.4, -0.2) is 39.4 Å². The van der Waals surface area contributed by atoms with Crippen molar-refractivity contribution in [3.05, 3.63) is 24.2 Å². The SMILES string of the molecule is CCNCCCN(C)S(=O)(=O)NC(C)c1ccco1. The molecule has 0 saturated heterocycles. The van der Waals surface area contributed by atoms with Gasteiger partial charge in [-0.3, -0.25) is 0 Å². The van der Waals surface area contributed by atoms with E-state index >= 15 is 0 Å². The Balaban J connectivity index is 2.46. The summed E-state index contributed by atoms with van der Waals surface area (Å²) < 4.78 is 33.2. The molecule has 0 bridgehead atoms. The molecule has 0 spiro atoms. The average molecular weight is 289 g/mol. The maximum Gasteiger partial charge on any atom is 0.279 e. The van der Waals surface area contributed by atoms with Gasteiger partial charge in [-0.1, -0.05) is 6.92 Å². The first-order valence-electron chi connectivity index (χ1n) is 6.45. The maximum atomic E-state index is 12.1. The number of hydrogen-bond acceptors (Lipinski definition) is 4. The van der Waals surface area contributed by atoms with Gasteiger partial charge in [0.25, 0.3) is 10.2 Å². The maximum absolute atomic E-state index is 12.1. The van der Waals surface area contributed by atoms with Gasteiger partial charge in [-0.05, 0) is 38.6 Å². The highest BCUT2D eigenvalue weighted by atomic mass is 32.2. The van der Waals surface area contributed by atoms with Gasteiger partial charge in [0.15, 0.2) is 0 Å². The van der Waals surface area contributed by atoms with Crippen molar-refractivity contribution >= 4 is 10.2 Å². The molecular weight excluding hydrogens is 266 g/mol. The smallest absolute Gasteiger partial charge is 0.279 e. The van der Waals surface area contributed by atoms with E-state index in [0.29, 0.717) is 12.3 Å². The average Bonchev–Trinajstić information content (AvgIpc) is 2.87. The first kappa shape index (κ1) is 16.2. The molecule has 0 aromatic carbocycles. The van der Waals surface area contributed by atoms with Crippen LogP contribution in [0.2, 0.25) is 0 Å². The number of furan rings is 1. The van der Waals surface area contributed by atoms with Crippen LogP contribution < -0.4 is 10.0 Å². The lowest BCUT2D eigenvalue weighted by molar-refractivity contribution is 0.420. The van der Waals surface area contributed by atoms with E-state index in [4.69, 9.17) is 4.42 Å². The lowest BCUT2D eigenvalue weighted by Crippen LogP contribution is -2.40. The Kier molecular flexibility index (Phi) is 6.50. The second kappa shape index (κ2) is 7.64. The van der Waals surface area contributed by atoms with Crippen LogP contribution >= 0.6 is 0 Å². The van der Waals surface area contributed by atoms with E-state index in [1.807, 2.05) is 6.92 Å². The Morgan fingerprint density at radius 1 is 1.47 bits per heavy atom. The van der Waals surface area contributed by atoms with Gasteiger partial charge < -0.3 is 9.73 Å². The first-order valence-corrected chi connectivity index (χ1v) is 7.89. The Bertz CT molecular complexity index is 445. The summed E-state index contributed by atoms with van der Waals surface area (Å²) in [6.45, 7) is 5.96. The highest BCUT2D eigenvalue weighted by Gasteiger charge is 2.21. The summed E-state index contributed by atoms with van der Waals surface area (Å²) in [4.78, 5) is 0. The lowest BCUT2D eigenvalue weighted by Gasteiger charge is -2.20. The standard InChI is InChI=1S/C12H23N3O3S/c1-4-13-8-6-9-15(3)19(16,17)14-11(2)12-7-5-10-18-12/h5,7,10-11,13-14H,4,6,8-9H2,1-3H3. The first-order chi connectivity index (χ1) is 8.97. The molecule has 0 amide bonds. The zero-order valence-electron chi connectivity index (χ0n) is 11.7. The minimum Gasteiger partial charge on any atom is -0.468 e. The minimum absolute atomic E-state index is 0.379. The highest BCUT2D eigenvalue weighted by molar-refractivity contribution is 7.87. The summed E-state index contributed by atoms with van der Waals surface area (Å²) in [5.74, 6) is 0.602. The summed E-state index contributed by atoms with van der Waals surface area (Å²) in [5, 5.41) is 3.16. The zero-order chi connectivity index (χ0) is 14.3. The van der Waals surface area contributed by atoms with Gasteiger partial charge in [0.1, 0.15) is 5.76 Å². The Morgan fingerprint density at radius 3 is 2.79 bits per heavy atom. The van der Waals surface area contributed by atoms with E-state index in [-0.39, 0.29) is 6.04 Å². The third kappa shape index (κ3) is 5.32. The van der Waals surface area contributed by atoms with Crippen LogP contribution in [0.3, 0.4) is 0 Å². The van der Waals surface area contributed by atoms with Gasteiger partial charge in [-0.25, -0.2) is 0 Å². The molecule has 0 aliphatic heterocycles. The molecule has 0 saturated carbocycles. The van der Waals surface area contributed by atoms with Crippen LogP contribution in [0.15, 0.2) is 22.8 Å². The quantitative estimate of drug-likeness (QED) is 0.668. The van der Waals surface area contributed by atoms with Crippen molar-refractivity contribution in [2.45, 2.75) is 26.3 Å². The van der Waals surface area contributed by atoms with E-state index in [1.165, 1.54) is 10.6 Å². The number of nitrogens with one attached hydrogen (secondary N) is 2. The molecule has 2 N–H and O–H groups in total. The van der Waals surface area contributed by atoms with Crippen molar-refractivity contribution in [1.29, 1.82) is 0 Å². The van der Waals surface area contributed by atoms with E-state index < -0.39 is 10.2 Å². The number of hydrogen-bond donors (Lipinski definition) is 2. The van der Waals surface area contributed by atoms with Gasteiger partial charge in [0.2, 0.25) is 0 Å². The summed E-state index contributed by atoms with van der Waals surface area (Å²) in [5.41, 5.74) is 0. The number of nitrogens with zero attached hydrogens (tertiary/aromatic N) is 1. The van der Waals surface area contributed by atoms with E-state index in [2.05, 4.69) is 10.0 Å². The molecule has 0 fully saturated rings. The molecule has 1 rings (SSSR count). The zero-order valence-corrected chi connectivity index (χ0v) is 12.5. The summed E-state index contributed by atoms with van der Waals surface area (Å²) in [6.07, 6.45) is 2.31. The van der Waals surface area contributed by atoms with Crippen molar-refractivity contribution in [2.75, 3.05) is 26.7 Å². The third-order valence-electron chi connectivity index (χ3n) is 2.78. The monoisotopic (exact) mass is 289 g/mol. The second-order valence-corrected chi connectivity index (χ2v) is 6.20. The summed E-state index contributed by atoms with van der Waals surface area (Å²) in [7, 11) is -1.90. The van der Waals surface area contributed by atoms with Crippen LogP contribution in [0.4, 0.5) is 0 Å². The highest BCUT2D eigenvalue weighted by Crippen LogP contribution is 2.14. The number of rotatable bonds is 9. The normalized spacial score (nSPS) is 13.9. The van der Waals surface area contributed by atoms with Crippen molar-refractivity contribution in [1.82, 2.24) is 14.3 Å². The van der Waals surface area contributed by atoms with Crippen LogP contribution in [0.5, 0.6) is 0 Å². The van der Waals surface area contributed by atoms with Gasteiger partial charge in [0, 0.05) is 13.6 Å². The van der Waals surface area contributed by atoms with Crippen molar-refractivity contribution in [3.63, 3.8) is 0 Å². The van der Waals surface area contributed by atoms with Gasteiger partial charge in [-0.15, -0.1) is 0 Å². The molecule has 6 nitrogen and oxygen atoms in total. The molecule has 7 heteroatoms. The van der Waals surface area contributed by atoms with Crippen molar-refractivity contribution < 1.29 is 12.8 Å². The fourth-order valence-electron chi connectivity index (χ4n) is 1.63. The van der Waals surface area contributed by atoms with Gasteiger partial charge in [-0.2, -0.15) is 17.4 Å². The molecule has 1 heterocycles. The predicted octanol–water partition coefficient (Wildman–Crippen LogP) is 1.11. The molecule has 1 atom stereocenters. The molecule has 0 aliphatic rings. The minimum atomic E-state index is -3.48. The van der Waals surface area contributed by atoms with Gasteiger partial charge >= 0.3 is 0 Å². The van der Waals surface area contributed by atoms with Crippen molar-refractivity contribution in [2.24, 2.45) is 0 Å². The van der Waals surface area contributed by atoms with E-state index in [1.54, 1.807) is 26.1 Å². The van der Waals surface area contributed by atoms with E-state index in [0.717, 1.165) is 19.5 Å². The van der Waals surface area contributed by atoms with Crippen LogP contribution in [-0.2, 0) is 10.2 Å². The second-order valence-electron chi connectivity index (χ2n) is 4.39. The van der Waals surface area contributed by atoms with Crippen LogP contribution in [0, 0.1) is 0 Å². The molecular formula is C12H23N3O3S. The summed E-state index contributed by atoms with van der Waals surface area (Å²) >= 11 is 0. The van der Waals surface area contributed by atoms with Crippen molar-refractivity contribution in [3.8, 4) is 0 Å². The predicted molar refractivity (Wildman–Crippen MR) is 75.0 cm³/mol. The molecule has 1 unspecified atom stereocenters.